The number of nitrogens with one attached hydrogen (secondary N) is 1. The highest BCUT2D eigenvalue weighted by Gasteiger charge is 2.30. The summed E-state index contributed by atoms with van der Waals surface area (Å²) in [6.45, 7) is 5.88. The summed E-state index contributed by atoms with van der Waals surface area (Å²) in [6.07, 6.45) is 0.668. The number of hydrogen-bond donors (Lipinski definition) is 1. The van der Waals surface area contributed by atoms with Crippen LogP contribution in [0, 0.1) is 13.8 Å². The first-order valence-corrected chi connectivity index (χ1v) is 12.3. The number of ether oxygens (including phenoxy) is 2. The number of benzene rings is 1. The van der Waals surface area contributed by atoms with Gasteiger partial charge in [0.25, 0.3) is 10.0 Å². The highest BCUT2D eigenvalue weighted by Crippen LogP contribution is 2.30. The van der Waals surface area contributed by atoms with Gasteiger partial charge in [0, 0.05) is 30.6 Å². The fourth-order valence-corrected chi connectivity index (χ4v) is 6.91. The van der Waals surface area contributed by atoms with Crippen LogP contribution in [0.4, 0.5) is 5.69 Å². The SMILES string of the molecule is COc1ccc(NC(=O)CN2CCCN(S(=O)(=O)c3sc(C)cc3C)CC2)c(OC)c1. The Morgan fingerprint density at radius 2 is 1.87 bits per heavy atom. The Hall–Kier alpha value is -2.14. The van der Waals surface area contributed by atoms with Gasteiger partial charge in [-0.2, -0.15) is 4.31 Å². The van der Waals surface area contributed by atoms with Crippen LogP contribution < -0.4 is 14.8 Å². The fourth-order valence-electron chi connectivity index (χ4n) is 3.63. The Labute approximate surface area is 187 Å². The fraction of sp³-hybridized carbons (Fsp3) is 0.476. The lowest BCUT2D eigenvalue weighted by Crippen LogP contribution is -2.38. The molecule has 0 atom stereocenters. The molecule has 3 rings (SSSR count). The van der Waals surface area contributed by atoms with Gasteiger partial charge in [-0.15, -0.1) is 11.3 Å². The number of aryl methyl sites for hydroxylation is 2. The van der Waals surface area contributed by atoms with Gasteiger partial charge < -0.3 is 14.8 Å². The summed E-state index contributed by atoms with van der Waals surface area (Å²) >= 11 is 1.31. The van der Waals surface area contributed by atoms with Crippen LogP contribution in [0.5, 0.6) is 11.5 Å². The predicted octanol–water partition coefficient (Wildman–Crippen LogP) is 2.72. The summed E-state index contributed by atoms with van der Waals surface area (Å²) in [5.74, 6) is 0.979. The van der Waals surface area contributed by atoms with Gasteiger partial charge in [0.15, 0.2) is 0 Å². The Kier molecular flexibility index (Phi) is 7.58. The van der Waals surface area contributed by atoms with Crippen LogP contribution in [0.3, 0.4) is 0 Å². The highest BCUT2D eigenvalue weighted by molar-refractivity contribution is 7.91. The topological polar surface area (TPSA) is 88.2 Å². The van der Waals surface area contributed by atoms with E-state index in [0.717, 1.165) is 10.4 Å². The average Bonchev–Trinajstić information content (AvgIpc) is 2.93. The Morgan fingerprint density at radius 3 is 2.52 bits per heavy atom. The van der Waals surface area contributed by atoms with E-state index < -0.39 is 10.0 Å². The molecule has 0 unspecified atom stereocenters. The molecule has 0 aliphatic carbocycles. The first-order chi connectivity index (χ1) is 14.7. The van der Waals surface area contributed by atoms with E-state index in [1.807, 2.05) is 24.8 Å². The van der Waals surface area contributed by atoms with Crippen LogP contribution in [-0.4, -0.2) is 70.5 Å². The third-order valence-electron chi connectivity index (χ3n) is 5.17. The summed E-state index contributed by atoms with van der Waals surface area (Å²) in [7, 11) is -0.416. The van der Waals surface area contributed by atoms with Crippen LogP contribution in [0.25, 0.3) is 0 Å². The Bertz CT molecular complexity index is 1040. The molecular formula is C21H29N3O5S2. The van der Waals surface area contributed by atoms with E-state index in [0.29, 0.717) is 54.0 Å². The van der Waals surface area contributed by atoms with Crippen molar-refractivity contribution in [2.45, 2.75) is 24.5 Å². The summed E-state index contributed by atoms with van der Waals surface area (Å²) in [5, 5.41) is 2.87. The molecule has 1 aromatic carbocycles. The maximum absolute atomic E-state index is 13.1. The largest absolute Gasteiger partial charge is 0.497 e. The zero-order valence-corrected chi connectivity index (χ0v) is 19.9. The number of carbonyl (C=O) groups is 1. The molecule has 170 valence electrons. The van der Waals surface area contributed by atoms with Crippen LogP contribution in [0.2, 0.25) is 0 Å². The minimum Gasteiger partial charge on any atom is -0.497 e. The number of amides is 1. The van der Waals surface area contributed by atoms with E-state index >= 15 is 0 Å². The van der Waals surface area contributed by atoms with Gasteiger partial charge in [-0.25, -0.2) is 8.42 Å². The van der Waals surface area contributed by atoms with Gasteiger partial charge in [0.1, 0.15) is 15.7 Å². The summed E-state index contributed by atoms with van der Waals surface area (Å²) in [6, 6.07) is 7.09. The quantitative estimate of drug-likeness (QED) is 0.674. The first kappa shape index (κ1) is 23.5. The normalized spacial score (nSPS) is 16.0. The molecule has 0 radical (unpaired) electrons. The van der Waals surface area contributed by atoms with Crippen molar-refractivity contribution in [2.75, 3.05) is 52.3 Å². The van der Waals surface area contributed by atoms with Gasteiger partial charge >= 0.3 is 0 Å². The summed E-state index contributed by atoms with van der Waals surface area (Å²) in [4.78, 5) is 15.6. The molecule has 8 nitrogen and oxygen atoms in total. The lowest BCUT2D eigenvalue weighted by molar-refractivity contribution is -0.117. The minimum atomic E-state index is -3.52. The number of sulfonamides is 1. The van der Waals surface area contributed by atoms with Crippen molar-refractivity contribution >= 4 is 33.0 Å². The second-order valence-electron chi connectivity index (χ2n) is 7.48. The molecule has 2 aromatic rings. The van der Waals surface area contributed by atoms with Crippen LogP contribution in [-0.2, 0) is 14.8 Å². The highest BCUT2D eigenvalue weighted by atomic mass is 32.2. The van der Waals surface area contributed by atoms with Crippen LogP contribution in [0.15, 0.2) is 28.5 Å². The molecule has 1 fully saturated rings. The smallest absolute Gasteiger partial charge is 0.252 e. The van der Waals surface area contributed by atoms with Crippen LogP contribution in [0.1, 0.15) is 16.9 Å². The third kappa shape index (κ3) is 5.57. The zero-order chi connectivity index (χ0) is 22.6. The summed E-state index contributed by atoms with van der Waals surface area (Å²) < 4.78 is 38.6. The van der Waals surface area contributed by atoms with Crippen molar-refractivity contribution in [2.24, 2.45) is 0 Å². The van der Waals surface area contributed by atoms with Gasteiger partial charge in [-0.1, -0.05) is 0 Å². The number of methoxy groups -OCH3 is 2. The van der Waals surface area contributed by atoms with E-state index in [1.54, 1.807) is 25.3 Å². The number of anilines is 1. The van der Waals surface area contributed by atoms with E-state index in [2.05, 4.69) is 5.32 Å². The lowest BCUT2D eigenvalue weighted by atomic mass is 10.2. The van der Waals surface area contributed by atoms with Crippen molar-refractivity contribution in [3.63, 3.8) is 0 Å². The van der Waals surface area contributed by atoms with E-state index in [1.165, 1.54) is 22.8 Å². The van der Waals surface area contributed by atoms with E-state index in [9.17, 15) is 13.2 Å². The number of hydrogen-bond acceptors (Lipinski definition) is 7. The molecule has 1 saturated heterocycles. The van der Waals surface area contributed by atoms with Crippen molar-refractivity contribution in [3.05, 3.63) is 34.7 Å². The number of carbonyl (C=O) groups excluding carboxylic acids is 1. The molecular weight excluding hydrogens is 438 g/mol. The molecule has 1 amide bonds. The third-order valence-corrected chi connectivity index (χ3v) is 8.83. The molecule has 1 aromatic heterocycles. The number of thiophene rings is 1. The van der Waals surface area contributed by atoms with Crippen molar-refractivity contribution in [1.82, 2.24) is 9.21 Å². The predicted molar refractivity (Wildman–Crippen MR) is 122 cm³/mol. The van der Waals surface area contributed by atoms with Crippen molar-refractivity contribution in [3.8, 4) is 11.5 Å². The van der Waals surface area contributed by atoms with Crippen molar-refractivity contribution in [1.29, 1.82) is 0 Å². The van der Waals surface area contributed by atoms with Gasteiger partial charge in [0.05, 0.1) is 26.5 Å². The lowest BCUT2D eigenvalue weighted by Gasteiger charge is -2.21. The zero-order valence-electron chi connectivity index (χ0n) is 18.3. The van der Waals surface area contributed by atoms with Gasteiger partial charge in [-0.05, 0) is 50.6 Å². The standard InChI is InChI=1S/C21H29N3O5S2/c1-15-12-16(2)30-21(15)31(26,27)24-9-5-8-23(10-11-24)14-20(25)22-18-7-6-17(28-3)13-19(18)29-4/h6-7,12-13H,5,8-11,14H2,1-4H3,(H,22,25). The number of nitrogens with zero attached hydrogens (tertiary/aromatic N) is 2. The molecule has 0 bridgehead atoms. The minimum absolute atomic E-state index is 0.176. The monoisotopic (exact) mass is 467 g/mol. The van der Waals surface area contributed by atoms with Crippen molar-refractivity contribution < 1.29 is 22.7 Å². The molecule has 31 heavy (non-hydrogen) atoms. The Morgan fingerprint density at radius 1 is 1.10 bits per heavy atom. The molecule has 2 heterocycles. The molecule has 1 N–H and O–H groups in total. The second-order valence-corrected chi connectivity index (χ2v) is 10.9. The average molecular weight is 468 g/mol. The molecule has 10 heteroatoms. The van der Waals surface area contributed by atoms with E-state index in [4.69, 9.17) is 9.47 Å². The molecule has 0 spiro atoms. The molecule has 0 saturated carbocycles. The maximum atomic E-state index is 13.1. The van der Waals surface area contributed by atoms with Gasteiger partial charge in [0.2, 0.25) is 5.91 Å². The van der Waals surface area contributed by atoms with Gasteiger partial charge in [-0.3, -0.25) is 9.69 Å². The second kappa shape index (κ2) is 9.99. The first-order valence-electron chi connectivity index (χ1n) is 10.1. The summed E-state index contributed by atoms with van der Waals surface area (Å²) in [5.41, 5.74) is 1.35. The molecule has 1 aliphatic rings. The Balaban J connectivity index is 1.61. The maximum Gasteiger partial charge on any atom is 0.252 e. The van der Waals surface area contributed by atoms with Crippen LogP contribution >= 0.6 is 11.3 Å². The number of rotatable bonds is 7. The van der Waals surface area contributed by atoms with E-state index in [-0.39, 0.29) is 12.5 Å². The molecule has 1 aliphatic heterocycles.